The van der Waals surface area contributed by atoms with Crippen molar-refractivity contribution in [2.75, 3.05) is 13.1 Å². The van der Waals surface area contributed by atoms with Gasteiger partial charge in [0.1, 0.15) is 5.15 Å². The normalized spacial score (nSPS) is 23.5. The smallest absolute Gasteiger partial charge is 0.129 e. The van der Waals surface area contributed by atoms with Crippen LogP contribution in [0.2, 0.25) is 5.15 Å². The van der Waals surface area contributed by atoms with Gasteiger partial charge in [-0.15, -0.1) is 0 Å². The molecule has 0 bridgehead atoms. The minimum atomic E-state index is 0.604. The van der Waals surface area contributed by atoms with Crippen molar-refractivity contribution in [1.29, 1.82) is 0 Å². The number of nitrogens with zero attached hydrogens (tertiary/aromatic N) is 2. The van der Waals surface area contributed by atoms with E-state index in [9.17, 15) is 0 Å². The lowest BCUT2D eigenvalue weighted by Gasteiger charge is -2.14. The van der Waals surface area contributed by atoms with Crippen LogP contribution in [0.25, 0.3) is 0 Å². The van der Waals surface area contributed by atoms with Crippen molar-refractivity contribution in [1.82, 2.24) is 9.88 Å². The summed E-state index contributed by atoms with van der Waals surface area (Å²) in [6, 6.07) is 5.87. The number of hydrogen-bond acceptors (Lipinski definition) is 2. The maximum absolute atomic E-state index is 5.87. The minimum Gasteiger partial charge on any atom is -0.297 e. The zero-order valence-electron chi connectivity index (χ0n) is 8.75. The zero-order chi connectivity index (χ0) is 10.3. The van der Waals surface area contributed by atoms with E-state index in [1.807, 2.05) is 12.1 Å². The van der Waals surface area contributed by atoms with Crippen LogP contribution in [0, 0.1) is 5.41 Å². The van der Waals surface area contributed by atoms with Crippen LogP contribution in [-0.2, 0) is 6.54 Å². The third kappa shape index (κ3) is 2.01. The van der Waals surface area contributed by atoms with Crippen LogP contribution in [0.4, 0.5) is 0 Å². The third-order valence-electron chi connectivity index (χ3n) is 3.63. The number of hydrogen-bond donors (Lipinski definition) is 0. The van der Waals surface area contributed by atoms with Gasteiger partial charge in [-0.05, 0) is 43.4 Å². The molecule has 0 unspecified atom stereocenters. The highest BCUT2D eigenvalue weighted by Gasteiger charge is 2.47. The molecule has 2 heterocycles. The Morgan fingerprint density at radius 3 is 2.87 bits per heavy atom. The quantitative estimate of drug-likeness (QED) is 0.716. The van der Waals surface area contributed by atoms with Crippen LogP contribution in [0.3, 0.4) is 0 Å². The third-order valence-corrected chi connectivity index (χ3v) is 3.84. The number of pyridine rings is 1. The lowest BCUT2D eigenvalue weighted by molar-refractivity contribution is 0.309. The fraction of sp³-hybridized carbons (Fsp3) is 0.583. The van der Waals surface area contributed by atoms with Gasteiger partial charge in [-0.2, -0.15) is 0 Å². The molecule has 0 aromatic carbocycles. The maximum atomic E-state index is 5.87. The van der Waals surface area contributed by atoms with Crippen molar-refractivity contribution >= 4 is 11.6 Å². The van der Waals surface area contributed by atoms with Gasteiger partial charge in [0.2, 0.25) is 0 Å². The number of rotatable bonds is 2. The summed E-state index contributed by atoms with van der Waals surface area (Å²) >= 11 is 5.87. The molecule has 80 valence electrons. The first-order chi connectivity index (χ1) is 7.26. The van der Waals surface area contributed by atoms with Crippen LogP contribution >= 0.6 is 11.6 Å². The first-order valence-corrected chi connectivity index (χ1v) is 5.97. The molecule has 15 heavy (non-hydrogen) atoms. The molecule has 1 aromatic rings. The van der Waals surface area contributed by atoms with Gasteiger partial charge in [-0.1, -0.05) is 17.7 Å². The van der Waals surface area contributed by atoms with Crippen molar-refractivity contribution in [3.8, 4) is 0 Å². The Labute approximate surface area is 95.3 Å². The summed E-state index contributed by atoms with van der Waals surface area (Å²) in [6.45, 7) is 3.46. The molecule has 1 saturated heterocycles. The van der Waals surface area contributed by atoms with Crippen LogP contribution < -0.4 is 0 Å². The summed E-state index contributed by atoms with van der Waals surface area (Å²) in [4.78, 5) is 6.83. The minimum absolute atomic E-state index is 0.604. The Kier molecular flexibility index (Phi) is 2.22. The summed E-state index contributed by atoms with van der Waals surface area (Å²) in [6.07, 6.45) is 4.26. The molecule has 0 N–H and O–H groups in total. The summed E-state index contributed by atoms with van der Waals surface area (Å²) in [7, 11) is 0. The summed E-state index contributed by atoms with van der Waals surface area (Å²) in [5.74, 6) is 0. The van der Waals surface area contributed by atoms with E-state index in [0.717, 1.165) is 12.2 Å². The predicted octanol–water partition coefficient (Wildman–Crippen LogP) is 2.72. The van der Waals surface area contributed by atoms with E-state index in [4.69, 9.17) is 11.6 Å². The van der Waals surface area contributed by atoms with Gasteiger partial charge in [-0.25, -0.2) is 4.98 Å². The van der Waals surface area contributed by atoms with Gasteiger partial charge in [0.15, 0.2) is 0 Å². The molecule has 0 amide bonds. The van der Waals surface area contributed by atoms with Crippen molar-refractivity contribution in [3.63, 3.8) is 0 Å². The molecule has 0 atom stereocenters. The van der Waals surface area contributed by atoms with Crippen LogP contribution in [0.1, 0.15) is 25.0 Å². The zero-order valence-corrected chi connectivity index (χ0v) is 9.50. The van der Waals surface area contributed by atoms with Gasteiger partial charge in [-0.3, -0.25) is 4.90 Å². The number of likely N-dealkylation sites (tertiary alicyclic amines) is 1. The van der Waals surface area contributed by atoms with E-state index in [1.165, 1.54) is 32.4 Å². The summed E-state index contributed by atoms with van der Waals surface area (Å²) in [5.41, 5.74) is 1.80. The van der Waals surface area contributed by atoms with E-state index in [-0.39, 0.29) is 0 Å². The Balaban J connectivity index is 1.66. The molecular formula is C12H15ClN2. The molecule has 2 fully saturated rings. The van der Waals surface area contributed by atoms with Crippen molar-refractivity contribution in [2.24, 2.45) is 5.41 Å². The molecular weight excluding hydrogens is 208 g/mol. The molecule has 1 spiro atoms. The number of halogens is 1. The van der Waals surface area contributed by atoms with Crippen LogP contribution in [0.5, 0.6) is 0 Å². The van der Waals surface area contributed by atoms with Crippen LogP contribution in [-0.4, -0.2) is 23.0 Å². The van der Waals surface area contributed by atoms with E-state index in [2.05, 4.69) is 16.0 Å². The van der Waals surface area contributed by atoms with Gasteiger partial charge in [0.05, 0.1) is 5.69 Å². The lowest BCUT2D eigenvalue weighted by Crippen LogP contribution is -2.21. The second kappa shape index (κ2) is 3.46. The predicted molar refractivity (Wildman–Crippen MR) is 60.8 cm³/mol. The van der Waals surface area contributed by atoms with E-state index >= 15 is 0 Å². The number of aromatic nitrogens is 1. The van der Waals surface area contributed by atoms with Crippen LogP contribution in [0.15, 0.2) is 18.2 Å². The molecule has 2 aliphatic rings. The fourth-order valence-electron chi connectivity index (χ4n) is 2.52. The second-order valence-electron chi connectivity index (χ2n) is 4.91. The highest BCUT2D eigenvalue weighted by atomic mass is 35.5. The first kappa shape index (κ1) is 9.61. The average molecular weight is 223 g/mol. The van der Waals surface area contributed by atoms with Gasteiger partial charge >= 0.3 is 0 Å². The van der Waals surface area contributed by atoms with Gasteiger partial charge in [0.25, 0.3) is 0 Å². The molecule has 1 aromatic heterocycles. The Hall–Kier alpha value is -0.600. The van der Waals surface area contributed by atoms with Gasteiger partial charge < -0.3 is 0 Å². The van der Waals surface area contributed by atoms with E-state index in [1.54, 1.807) is 0 Å². The first-order valence-electron chi connectivity index (χ1n) is 5.60. The molecule has 1 saturated carbocycles. The monoisotopic (exact) mass is 222 g/mol. The topological polar surface area (TPSA) is 16.1 Å². The average Bonchev–Trinajstić information content (AvgIpc) is 2.83. The Bertz CT molecular complexity index is 374. The SMILES string of the molecule is Clc1cccc(CN2CCC3(CC3)C2)n1. The maximum Gasteiger partial charge on any atom is 0.129 e. The highest BCUT2D eigenvalue weighted by Crippen LogP contribution is 2.52. The molecule has 1 aliphatic heterocycles. The largest absolute Gasteiger partial charge is 0.297 e. The standard InChI is InChI=1S/C12H15ClN2/c13-11-3-1-2-10(14-11)8-15-7-6-12(9-15)4-5-12/h1-3H,4-9H2. The molecule has 3 rings (SSSR count). The second-order valence-corrected chi connectivity index (χ2v) is 5.30. The summed E-state index contributed by atoms with van der Waals surface area (Å²) < 4.78 is 0. The van der Waals surface area contributed by atoms with Crippen molar-refractivity contribution < 1.29 is 0 Å². The Morgan fingerprint density at radius 2 is 2.20 bits per heavy atom. The fourth-order valence-corrected chi connectivity index (χ4v) is 2.70. The van der Waals surface area contributed by atoms with E-state index < -0.39 is 0 Å². The lowest BCUT2D eigenvalue weighted by atomic mass is 10.1. The molecule has 1 aliphatic carbocycles. The highest BCUT2D eigenvalue weighted by molar-refractivity contribution is 6.29. The van der Waals surface area contributed by atoms with E-state index in [0.29, 0.717) is 10.6 Å². The molecule has 2 nitrogen and oxygen atoms in total. The molecule has 3 heteroatoms. The van der Waals surface area contributed by atoms with Crippen molar-refractivity contribution in [3.05, 3.63) is 29.0 Å². The van der Waals surface area contributed by atoms with Gasteiger partial charge in [0, 0.05) is 13.1 Å². The molecule has 0 radical (unpaired) electrons. The van der Waals surface area contributed by atoms with Crippen molar-refractivity contribution in [2.45, 2.75) is 25.8 Å². The Morgan fingerprint density at radius 1 is 1.33 bits per heavy atom. The summed E-state index contributed by atoms with van der Waals surface area (Å²) in [5, 5.41) is 0.604.